The summed E-state index contributed by atoms with van der Waals surface area (Å²) in [6.45, 7) is 0. The zero-order valence-electron chi connectivity index (χ0n) is 24.8. The van der Waals surface area contributed by atoms with Crippen molar-refractivity contribution in [2.75, 3.05) is 0 Å². The van der Waals surface area contributed by atoms with Gasteiger partial charge in [-0.1, -0.05) is 78.9 Å². The number of oxazole rings is 1. The Hall–Kier alpha value is -6.60. The van der Waals surface area contributed by atoms with E-state index >= 15 is 0 Å². The lowest BCUT2D eigenvalue weighted by molar-refractivity contribution is 0.620. The van der Waals surface area contributed by atoms with E-state index in [9.17, 15) is 0 Å². The van der Waals surface area contributed by atoms with Crippen LogP contribution in [-0.4, -0.2) is 24.5 Å². The van der Waals surface area contributed by atoms with E-state index in [0.717, 1.165) is 66.0 Å². The Balaban J connectivity index is 1.21. The molecule has 0 aliphatic rings. The molecule has 0 aliphatic heterocycles. The molecule has 0 saturated carbocycles. The Morgan fingerprint density at radius 3 is 1.79 bits per heavy atom. The summed E-state index contributed by atoms with van der Waals surface area (Å²) in [6.07, 6.45) is 0. The summed E-state index contributed by atoms with van der Waals surface area (Å²) in [5, 5.41) is 4.39. The van der Waals surface area contributed by atoms with Crippen molar-refractivity contribution in [3.63, 3.8) is 0 Å². The van der Waals surface area contributed by atoms with Gasteiger partial charge in [-0.2, -0.15) is 9.97 Å². The molecule has 7 nitrogen and oxygen atoms in total. The number of aromatic nitrogens is 5. The minimum Gasteiger partial charge on any atom is -0.456 e. The van der Waals surface area contributed by atoms with Gasteiger partial charge in [-0.15, -0.1) is 0 Å². The van der Waals surface area contributed by atoms with Crippen LogP contribution in [0.4, 0.5) is 0 Å². The lowest BCUT2D eigenvalue weighted by Gasteiger charge is -2.11. The maximum atomic E-state index is 6.24. The van der Waals surface area contributed by atoms with Crippen molar-refractivity contribution in [3.8, 4) is 40.2 Å². The number of rotatable bonds is 4. The van der Waals surface area contributed by atoms with Crippen molar-refractivity contribution in [2.24, 2.45) is 0 Å². The van der Waals surface area contributed by atoms with Gasteiger partial charge in [0.05, 0.1) is 11.0 Å². The van der Waals surface area contributed by atoms with Crippen LogP contribution in [0.5, 0.6) is 0 Å². The van der Waals surface area contributed by atoms with Crippen LogP contribution in [-0.2, 0) is 0 Å². The van der Waals surface area contributed by atoms with Gasteiger partial charge in [-0.25, -0.2) is 9.97 Å². The molecule has 10 aromatic rings. The summed E-state index contributed by atoms with van der Waals surface area (Å²) in [6, 6.07) is 46.6. The molecule has 0 aliphatic carbocycles. The van der Waals surface area contributed by atoms with Crippen LogP contribution in [0.25, 0.3) is 95.0 Å². The minimum absolute atomic E-state index is 0.525. The van der Waals surface area contributed by atoms with E-state index in [1.165, 1.54) is 0 Å². The number of hydrogen-bond donors (Lipinski definition) is 0. The zero-order chi connectivity index (χ0) is 30.9. The predicted molar refractivity (Wildman–Crippen MR) is 185 cm³/mol. The van der Waals surface area contributed by atoms with Gasteiger partial charge in [0.25, 0.3) is 0 Å². The van der Waals surface area contributed by atoms with E-state index < -0.39 is 0 Å². The van der Waals surface area contributed by atoms with Crippen molar-refractivity contribution >= 4 is 54.8 Å². The monoisotopic (exact) mass is 605 g/mol. The Morgan fingerprint density at radius 2 is 1.02 bits per heavy atom. The number of benzene rings is 6. The fourth-order valence-corrected chi connectivity index (χ4v) is 6.50. The maximum absolute atomic E-state index is 6.24. The molecule has 0 N–H and O–H groups in total. The first-order valence-electron chi connectivity index (χ1n) is 15.4. The van der Waals surface area contributed by atoms with Gasteiger partial charge in [-0.05, 0) is 60.7 Å². The SMILES string of the molecule is c1ccc(-c2nc3cc(-c4nc(-c5ccc6c(c5)oc5ccccc56)nc(-n5c6ccccc6c6ccccc65)n4)ccc3o2)cc1. The lowest BCUT2D eigenvalue weighted by Crippen LogP contribution is -2.06. The average molecular weight is 606 g/mol. The molecular weight excluding hydrogens is 582 g/mol. The summed E-state index contributed by atoms with van der Waals surface area (Å²) >= 11 is 0. The fourth-order valence-electron chi connectivity index (χ4n) is 6.50. The summed E-state index contributed by atoms with van der Waals surface area (Å²) in [4.78, 5) is 20.0. The molecule has 0 saturated heterocycles. The highest BCUT2D eigenvalue weighted by Crippen LogP contribution is 2.35. The van der Waals surface area contributed by atoms with Gasteiger partial charge in [0, 0.05) is 38.2 Å². The summed E-state index contributed by atoms with van der Waals surface area (Å²) in [5.74, 6) is 2.17. The molecule has 47 heavy (non-hydrogen) atoms. The van der Waals surface area contributed by atoms with Gasteiger partial charge < -0.3 is 8.83 Å². The predicted octanol–water partition coefficient (Wildman–Crippen LogP) is 10.0. The second-order valence-corrected chi connectivity index (χ2v) is 11.5. The van der Waals surface area contributed by atoms with E-state index in [-0.39, 0.29) is 0 Å². The third-order valence-corrected chi connectivity index (χ3v) is 8.71. The van der Waals surface area contributed by atoms with Crippen LogP contribution in [0.1, 0.15) is 0 Å². The molecule has 0 amide bonds. The van der Waals surface area contributed by atoms with E-state index in [1.54, 1.807) is 0 Å². The number of para-hydroxylation sites is 3. The molecule has 6 aromatic carbocycles. The standard InChI is InChI=1S/C40H23N5O2/c1-2-10-24(11-3-1)39-41-31-22-25(19-21-35(31)47-39)37-42-38(26-18-20-30-29-14-6-9-17-34(29)46-36(30)23-26)44-40(43-37)45-32-15-7-4-12-27(32)28-13-5-8-16-33(28)45/h1-23H. The summed E-state index contributed by atoms with van der Waals surface area (Å²) < 4.78 is 14.5. The normalized spacial score (nSPS) is 11.8. The molecule has 7 heteroatoms. The number of furan rings is 1. The van der Waals surface area contributed by atoms with Crippen LogP contribution < -0.4 is 0 Å². The van der Waals surface area contributed by atoms with Gasteiger partial charge in [0.1, 0.15) is 16.7 Å². The van der Waals surface area contributed by atoms with Crippen molar-refractivity contribution in [2.45, 2.75) is 0 Å². The van der Waals surface area contributed by atoms with Crippen molar-refractivity contribution < 1.29 is 8.83 Å². The molecule has 0 unspecified atom stereocenters. The highest BCUT2D eigenvalue weighted by molar-refractivity contribution is 6.09. The highest BCUT2D eigenvalue weighted by atomic mass is 16.3. The van der Waals surface area contributed by atoms with Crippen LogP contribution in [0.3, 0.4) is 0 Å². The van der Waals surface area contributed by atoms with Crippen molar-refractivity contribution in [1.82, 2.24) is 24.5 Å². The first kappa shape index (κ1) is 25.7. The molecule has 4 aromatic heterocycles. The summed E-state index contributed by atoms with van der Waals surface area (Å²) in [5.41, 5.74) is 7.64. The van der Waals surface area contributed by atoms with E-state index in [4.69, 9.17) is 28.8 Å². The van der Waals surface area contributed by atoms with Crippen molar-refractivity contribution in [3.05, 3.63) is 140 Å². The lowest BCUT2D eigenvalue weighted by atomic mass is 10.1. The first-order valence-corrected chi connectivity index (χ1v) is 15.4. The molecule has 0 spiro atoms. The quantitative estimate of drug-likeness (QED) is 0.199. The Bertz CT molecular complexity index is 2760. The van der Waals surface area contributed by atoms with Crippen LogP contribution in [0.15, 0.2) is 148 Å². The zero-order valence-corrected chi connectivity index (χ0v) is 24.8. The second kappa shape index (κ2) is 9.95. The maximum Gasteiger partial charge on any atom is 0.238 e. The van der Waals surface area contributed by atoms with Crippen LogP contribution in [0, 0.1) is 0 Å². The number of fused-ring (bicyclic) bond motifs is 7. The molecule has 0 fully saturated rings. The fraction of sp³-hybridized carbons (Fsp3) is 0. The highest BCUT2D eigenvalue weighted by Gasteiger charge is 2.19. The van der Waals surface area contributed by atoms with Gasteiger partial charge in [-0.3, -0.25) is 4.57 Å². The smallest absolute Gasteiger partial charge is 0.238 e. The van der Waals surface area contributed by atoms with Gasteiger partial charge in [0.15, 0.2) is 17.2 Å². The largest absolute Gasteiger partial charge is 0.456 e. The molecule has 4 heterocycles. The third kappa shape index (κ3) is 4.07. The second-order valence-electron chi connectivity index (χ2n) is 11.5. The number of nitrogens with zero attached hydrogens (tertiary/aromatic N) is 5. The third-order valence-electron chi connectivity index (χ3n) is 8.71. The van der Waals surface area contributed by atoms with Crippen LogP contribution in [0.2, 0.25) is 0 Å². The average Bonchev–Trinajstić information content (AvgIpc) is 3.83. The van der Waals surface area contributed by atoms with Crippen molar-refractivity contribution in [1.29, 1.82) is 0 Å². The molecule has 0 bridgehead atoms. The van der Waals surface area contributed by atoms with Gasteiger partial charge in [0.2, 0.25) is 11.8 Å². The Morgan fingerprint density at radius 1 is 0.404 bits per heavy atom. The topological polar surface area (TPSA) is 82.8 Å². The number of hydrogen-bond acceptors (Lipinski definition) is 6. The van der Waals surface area contributed by atoms with E-state index in [1.807, 2.05) is 91.0 Å². The van der Waals surface area contributed by atoms with Gasteiger partial charge >= 0.3 is 0 Å². The van der Waals surface area contributed by atoms with Crippen LogP contribution >= 0.6 is 0 Å². The van der Waals surface area contributed by atoms with E-state index in [0.29, 0.717) is 29.1 Å². The Labute approximate surface area is 267 Å². The first-order chi connectivity index (χ1) is 23.3. The molecular formula is C40H23N5O2. The molecule has 0 radical (unpaired) electrons. The summed E-state index contributed by atoms with van der Waals surface area (Å²) in [7, 11) is 0. The Kier molecular flexibility index (Phi) is 5.44. The molecule has 10 rings (SSSR count). The minimum atomic E-state index is 0.525. The molecule has 0 atom stereocenters. The van der Waals surface area contributed by atoms with E-state index in [2.05, 4.69) is 53.1 Å². The molecule has 220 valence electrons.